The van der Waals surface area contributed by atoms with Gasteiger partial charge in [-0.3, -0.25) is 4.79 Å². The van der Waals surface area contributed by atoms with Gasteiger partial charge in [-0.25, -0.2) is 0 Å². The predicted molar refractivity (Wildman–Crippen MR) is 60.1 cm³/mol. The summed E-state index contributed by atoms with van der Waals surface area (Å²) in [6.45, 7) is 3.43. The van der Waals surface area contributed by atoms with Crippen molar-refractivity contribution >= 4 is 5.97 Å². The summed E-state index contributed by atoms with van der Waals surface area (Å²) >= 11 is 0. The maximum absolute atomic E-state index is 11.3. The Kier molecular flexibility index (Phi) is 3.82. The molecule has 1 N–H and O–H groups in total. The van der Waals surface area contributed by atoms with E-state index in [2.05, 4.69) is 5.32 Å². The molecule has 1 saturated carbocycles. The minimum Gasteiger partial charge on any atom is -0.469 e. The molecule has 2 rings (SSSR count). The smallest absolute Gasteiger partial charge is 0.309 e. The van der Waals surface area contributed by atoms with Crippen molar-refractivity contribution in [3.63, 3.8) is 0 Å². The van der Waals surface area contributed by atoms with Gasteiger partial charge in [0.1, 0.15) is 0 Å². The Morgan fingerprint density at radius 3 is 2.88 bits per heavy atom. The summed E-state index contributed by atoms with van der Waals surface area (Å²) in [5.41, 5.74) is 0. The molecule has 1 aliphatic carbocycles. The highest BCUT2D eigenvalue weighted by molar-refractivity contribution is 5.72. The first-order chi connectivity index (χ1) is 7.72. The van der Waals surface area contributed by atoms with Crippen LogP contribution in [0.4, 0.5) is 0 Å². The Morgan fingerprint density at radius 1 is 1.50 bits per heavy atom. The lowest BCUT2D eigenvalue weighted by Crippen LogP contribution is -2.41. The molecule has 0 aromatic heterocycles. The predicted octanol–water partition coefficient (Wildman–Crippen LogP) is 0.953. The molecule has 0 aromatic carbocycles. The number of carbonyl (C=O) groups is 1. The minimum absolute atomic E-state index is 0.0783. The largest absolute Gasteiger partial charge is 0.469 e. The number of rotatable bonds is 5. The highest BCUT2D eigenvalue weighted by Crippen LogP contribution is 2.38. The molecular weight excluding hydrogens is 206 g/mol. The summed E-state index contributed by atoms with van der Waals surface area (Å²) < 4.78 is 10.4. The molecule has 1 heterocycles. The van der Waals surface area contributed by atoms with E-state index in [4.69, 9.17) is 9.47 Å². The van der Waals surface area contributed by atoms with Crippen LogP contribution in [-0.4, -0.2) is 38.4 Å². The normalized spacial score (nSPS) is 31.4. The van der Waals surface area contributed by atoms with Crippen LogP contribution in [-0.2, 0) is 14.3 Å². The van der Waals surface area contributed by atoms with E-state index in [0.717, 1.165) is 18.9 Å². The Bertz CT molecular complexity index is 253. The number of esters is 1. The van der Waals surface area contributed by atoms with Crippen molar-refractivity contribution in [3.8, 4) is 0 Å². The van der Waals surface area contributed by atoms with Gasteiger partial charge in [-0.15, -0.1) is 0 Å². The Morgan fingerprint density at radius 2 is 2.25 bits per heavy atom. The van der Waals surface area contributed by atoms with Gasteiger partial charge in [-0.2, -0.15) is 0 Å². The fourth-order valence-electron chi connectivity index (χ4n) is 2.33. The minimum atomic E-state index is -0.144. The van der Waals surface area contributed by atoms with Crippen molar-refractivity contribution < 1.29 is 14.3 Å². The van der Waals surface area contributed by atoms with Crippen LogP contribution in [0.15, 0.2) is 0 Å². The molecule has 4 nitrogen and oxygen atoms in total. The highest BCUT2D eigenvalue weighted by atomic mass is 16.5. The van der Waals surface area contributed by atoms with Crippen molar-refractivity contribution in [1.29, 1.82) is 0 Å². The van der Waals surface area contributed by atoms with Crippen molar-refractivity contribution in [3.05, 3.63) is 0 Å². The van der Waals surface area contributed by atoms with Crippen LogP contribution in [0.1, 0.15) is 26.2 Å². The number of methoxy groups -OCH3 is 1. The third-order valence-electron chi connectivity index (χ3n) is 3.51. The maximum atomic E-state index is 11.3. The second-order valence-electron chi connectivity index (χ2n) is 4.90. The molecule has 0 spiro atoms. The summed E-state index contributed by atoms with van der Waals surface area (Å²) in [4.78, 5) is 11.3. The average Bonchev–Trinajstić information content (AvgIpc) is 3.04. The van der Waals surface area contributed by atoms with E-state index >= 15 is 0 Å². The summed E-state index contributed by atoms with van der Waals surface area (Å²) in [7, 11) is 1.44. The van der Waals surface area contributed by atoms with Gasteiger partial charge in [0.25, 0.3) is 0 Å². The molecular formula is C12H21NO3. The van der Waals surface area contributed by atoms with Crippen LogP contribution in [0.5, 0.6) is 0 Å². The topological polar surface area (TPSA) is 47.6 Å². The van der Waals surface area contributed by atoms with E-state index in [0.29, 0.717) is 18.7 Å². The van der Waals surface area contributed by atoms with Crippen molar-refractivity contribution in [2.45, 2.75) is 38.3 Å². The van der Waals surface area contributed by atoms with E-state index in [9.17, 15) is 4.79 Å². The lowest BCUT2D eigenvalue weighted by molar-refractivity contribution is -0.144. The van der Waals surface area contributed by atoms with Crippen LogP contribution >= 0.6 is 0 Å². The quantitative estimate of drug-likeness (QED) is 0.710. The summed E-state index contributed by atoms with van der Waals surface area (Å²) in [5.74, 6) is 0.535. The Balaban J connectivity index is 1.74. The van der Waals surface area contributed by atoms with E-state index in [1.165, 1.54) is 20.0 Å². The first kappa shape index (κ1) is 11.9. The van der Waals surface area contributed by atoms with Crippen LogP contribution < -0.4 is 5.32 Å². The van der Waals surface area contributed by atoms with Gasteiger partial charge in [0.2, 0.25) is 0 Å². The van der Waals surface area contributed by atoms with E-state index in [1.807, 2.05) is 6.92 Å². The van der Waals surface area contributed by atoms with Gasteiger partial charge in [-0.1, -0.05) is 6.92 Å². The molecule has 92 valence electrons. The molecule has 0 amide bonds. The van der Waals surface area contributed by atoms with Crippen molar-refractivity contribution in [2.24, 2.45) is 11.8 Å². The third-order valence-corrected chi connectivity index (χ3v) is 3.51. The van der Waals surface area contributed by atoms with Crippen molar-refractivity contribution in [1.82, 2.24) is 5.32 Å². The molecule has 2 fully saturated rings. The van der Waals surface area contributed by atoms with Crippen LogP contribution in [0.2, 0.25) is 0 Å². The first-order valence-corrected chi connectivity index (χ1v) is 6.15. The van der Waals surface area contributed by atoms with Gasteiger partial charge in [-0.05, 0) is 25.2 Å². The molecule has 16 heavy (non-hydrogen) atoms. The zero-order valence-corrected chi connectivity index (χ0v) is 10.1. The van der Waals surface area contributed by atoms with E-state index in [-0.39, 0.29) is 11.9 Å². The average molecular weight is 227 g/mol. The molecule has 4 heteroatoms. The number of hydrogen-bond donors (Lipinski definition) is 1. The molecule has 0 radical (unpaired) electrons. The zero-order valence-electron chi connectivity index (χ0n) is 10.1. The second kappa shape index (κ2) is 5.15. The third kappa shape index (κ3) is 2.74. The van der Waals surface area contributed by atoms with Gasteiger partial charge in [0.15, 0.2) is 0 Å². The summed E-state index contributed by atoms with van der Waals surface area (Å²) in [6.07, 6.45) is 4.05. The molecule has 0 bridgehead atoms. The van der Waals surface area contributed by atoms with Gasteiger partial charge in [0, 0.05) is 19.2 Å². The molecule has 1 saturated heterocycles. The fraction of sp³-hybridized carbons (Fsp3) is 0.917. The number of nitrogens with one attached hydrogen (secondary N) is 1. The molecule has 3 atom stereocenters. The highest BCUT2D eigenvalue weighted by Gasteiger charge is 2.40. The molecule has 0 aromatic rings. The first-order valence-electron chi connectivity index (χ1n) is 6.15. The monoisotopic (exact) mass is 227 g/mol. The van der Waals surface area contributed by atoms with Crippen molar-refractivity contribution in [2.75, 3.05) is 20.3 Å². The van der Waals surface area contributed by atoms with E-state index < -0.39 is 0 Å². The second-order valence-corrected chi connectivity index (χ2v) is 4.90. The SMILES string of the molecule is COC(=O)C(C)CNC1CCOC1C1CC1. The summed E-state index contributed by atoms with van der Waals surface area (Å²) in [5, 5.41) is 3.44. The van der Waals surface area contributed by atoms with E-state index in [1.54, 1.807) is 0 Å². The maximum Gasteiger partial charge on any atom is 0.309 e. The molecule has 3 unspecified atom stereocenters. The van der Waals surface area contributed by atoms with Crippen LogP contribution in [0, 0.1) is 11.8 Å². The summed E-state index contributed by atoms with van der Waals surface area (Å²) in [6, 6.07) is 0.430. The van der Waals surface area contributed by atoms with Gasteiger partial charge in [0.05, 0.1) is 19.1 Å². The lowest BCUT2D eigenvalue weighted by atomic mass is 10.1. The molecule has 2 aliphatic rings. The number of carbonyl (C=O) groups excluding carboxylic acids is 1. The van der Waals surface area contributed by atoms with Crippen LogP contribution in [0.3, 0.4) is 0 Å². The number of ether oxygens (including phenoxy) is 2. The van der Waals surface area contributed by atoms with Crippen LogP contribution in [0.25, 0.3) is 0 Å². The standard InChI is InChI=1S/C12H21NO3/c1-8(12(14)15-2)7-13-10-5-6-16-11(10)9-3-4-9/h8-11,13H,3-7H2,1-2H3. The molecule has 1 aliphatic heterocycles. The lowest BCUT2D eigenvalue weighted by Gasteiger charge is -2.21. The Hall–Kier alpha value is -0.610. The van der Waals surface area contributed by atoms with Gasteiger partial charge < -0.3 is 14.8 Å². The number of hydrogen-bond acceptors (Lipinski definition) is 4. The Labute approximate surface area is 96.7 Å². The van der Waals surface area contributed by atoms with Gasteiger partial charge >= 0.3 is 5.97 Å². The zero-order chi connectivity index (χ0) is 11.5. The fourth-order valence-corrected chi connectivity index (χ4v) is 2.33.